The minimum atomic E-state index is -0.832. The van der Waals surface area contributed by atoms with E-state index in [9.17, 15) is 9.18 Å². The van der Waals surface area contributed by atoms with Crippen LogP contribution in [-0.2, 0) is 19.1 Å². The standard InChI is InChI=1S/C28H37N6.C25H22ClF2NO2.CH3.Na/c1-19-12-13-34(21(3)29-19)28-26-11-10-25(14-27(26)31(4)30-28)33-17-24(18-33)23-15-32(16-23)20(2)22-8-6-5-7-9-22;1-4-14-10-11-16(24(29)30)20(23(14)28)21-19-13(2)25(3,15-8-6-5-7-9-15)31-18(19)12-17(27)22(21)26;;/h5,10-11,14,22-24,29H,1-3,6-9,12-13,15-18H2,4H3;5-13H,4H2,1-3H3,(H2,29,30);1H3;/q-1;;-1;+1. The van der Waals surface area contributed by atoms with Crippen LogP contribution in [-0.4, -0.2) is 53.3 Å². The molecule has 4 aromatic carbocycles. The van der Waals surface area contributed by atoms with E-state index >= 15 is 4.39 Å². The van der Waals surface area contributed by atoms with Crippen molar-refractivity contribution in [1.82, 2.24) is 20.0 Å². The molecule has 2 atom stereocenters. The predicted molar refractivity (Wildman–Crippen MR) is 264 cm³/mol. The van der Waals surface area contributed by atoms with Crippen molar-refractivity contribution in [3.05, 3.63) is 156 Å². The summed E-state index contributed by atoms with van der Waals surface area (Å²) in [5.74, 6) is 1.92. The summed E-state index contributed by atoms with van der Waals surface area (Å²) in [7, 11) is 2.04. The summed E-state index contributed by atoms with van der Waals surface area (Å²) in [5.41, 5.74) is 11.4. The van der Waals surface area contributed by atoms with Gasteiger partial charge in [0, 0.05) is 115 Å². The number of ether oxygens (including phenoxy) is 1. The number of anilines is 2. The Morgan fingerprint density at radius 1 is 1.01 bits per heavy atom. The Bertz CT molecular complexity index is 2710. The third kappa shape index (κ3) is 9.14. The number of carbonyl (C=O) groups is 1. The van der Waals surface area contributed by atoms with E-state index in [1.807, 2.05) is 55.9 Å². The Balaban J connectivity index is 0.000000194. The van der Waals surface area contributed by atoms with Crippen molar-refractivity contribution in [3.8, 4) is 16.9 Å². The molecule has 1 amide bonds. The normalized spacial score (nSPS) is 20.6. The molecule has 0 bridgehead atoms. The number of likely N-dealkylation sites (tertiary alicyclic amines) is 1. The molecular formula is C54H62ClF2N7NaO2-. The molecule has 1 aromatic heterocycles. The third-order valence-corrected chi connectivity index (χ3v) is 15.2. The van der Waals surface area contributed by atoms with Crippen LogP contribution in [0.25, 0.3) is 22.0 Å². The molecule has 0 radical (unpaired) electrons. The summed E-state index contributed by atoms with van der Waals surface area (Å²) in [6, 6.07) is 20.5. The topological polar surface area (TPSA) is 91.9 Å². The van der Waals surface area contributed by atoms with Gasteiger partial charge < -0.3 is 44.3 Å². The minimum absolute atomic E-state index is 0. The third-order valence-electron chi connectivity index (χ3n) is 14.8. The number of hydrogen-bond acceptors (Lipinski definition) is 7. The summed E-state index contributed by atoms with van der Waals surface area (Å²) in [4.78, 5) is 19.4. The molecule has 4 fully saturated rings. The number of nitrogens with one attached hydrogen (secondary N) is 1. The number of nitrogens with zero attached hydrogens (tertiary/aromatic N) is 5. The number of benzene rings is 4. The van der Waals surface area contributed by atoms with Gasteiger partial charge in [-0.05, 0) is 54.7 Å². The Hall–Kier alpha value is -4.81. The van der Waals surface area contributed by atoms with Crippen LogP contribution in [0, 0.1) is 43.2 Å². The van der Waals surface area contributed by atoms with E-state index in [1.54, 1.807) is 6.92 Å². The van der Waals surface area contributed by atoms with Gasteiger partial charge in [-0.3, -0.25) is 9.48 Å². The van der Waals surface area contributed by atoms with Crippen LogP contribution < -0.4 is 55.1 Å². The Morgan fingerprint density at radius 2 is 1.70 bits per heavy atom. The zero-order valence-electron chi connectivity index (χ0n) is 39.9. The fourth-order valence-corrected chi connectivity index (χ4v) is 10.8. The predicted octanol–water partition coefficient (Wildman–Crippen LogP) is 8.45. The molecule has 3 saturated heterocycles. The van der Waals surface area contributed by atoms with E-state index in [0.717, 1.165) is 66.7 Å². The number of aromatic nitrogens is 2. The number of amides is 1. The van der Waals surface area contributed by atoms with E-state index in [0.29, 0.717) is 17.5 Å². The zero-order valence-corrected chi connectivity index (χ0v) is 42.7. The summed E-state index contributed by atoms with van der Waals surface area (Å²) < 4.78 is 38.7. The van der Waals surface area contributed by atoms with E-state index < -0.39 is 23.1 Å². The molecular weight excluding hydrogens is 875 g/mol. The number of aryl methyl sites for hydroxylation is 2. The quantitative estimate of drug-likeness (QED) is 0.113. The van der Waals surface area contributed by atoms with Gasteiger partial charge in [0.2, 0.25) is 5.91 Å². The van der Waals surface area contributed by atoms with Gasteiger partial charge in [0.05, 0.1) is 10.5 Å². The van der Waals surface area contributed by atoms with Crippen LogP contribution in [0.4, 0.5) is 20.3 Å². The summed E-state index contributed by atoms with van der Waals surface area (Å²) >= 11 is 6.41. The van der Waals surface area contributed by atoms with E-state index in [2.05, 4.69) is 64.4 Å². The van der Waals surface area contributed by atoms with Gasteiger partial charge in [-0.25, -0.2) is 8.78 Å². The van der Waals surface area contributed by atoms with Gasteiger partial charge in [-0.15, -0.1) is 0 Å². The molecule has 1 saturated carbocycles. The van der Waals surface area contributed by atoms with Gasteiger partial charge >= 0.3 is 29.6 Å². The van der Waals surface area contributed by atoms with Crippen LogP contribution in [0.15, 0.2) is 104 Å². The Morgan fingerprint density at radius 3 is 2.36 bits per heavy atom. The number of fused-ring (bicyclic) bond motifs is 2. The van der Waals surface area contributed by atoms with Crippen LogP contribution in [0.2, 0.25) is 5.02 Å². The van der Waals surface area contributed by atoms with Gasteiger partial charge in [-0.1, -0.05) is 94.4 Å². The number of rotatable bonds is 9. The fraction of sp³-hybridized carbons (Fsp3) is 0.370. The second-order valence-corrected chi connectivity index (χ2v) is 19.0. The number of carbonyl (C=O) groups excluding carboxylic acids is 1. The maximum atomic E-state index is 15.6. The van der Waals surface area contributed by atoms with Crippen molar-refractivity contribution >= 4 is 39.9 Å². The molecule has 10 rings (SSSR count). The number of hydrogen-bond donors (Lipinski definition) is 2. The van der Waals surface area contributed by atoms with E-state index in [-0.39, 0.29) is 70.4 Å². The maximum Gasteiger partial charge on any atom is 1.00 e. The molecule has 67 heavy (non-hydrogen) atoms. The number of nitrogens with two attached hydrogens (primary N) is 1. The largest absolute Gasteiger partial charge is 1.00 e. The van der Waals surface area contributed by atoms with Crippen molar-refractivity contribution < 1.29 is 47.9 Å². The van der Waals surface area contributed by atoms with Gasteiger partial charge in [0.25, 0.3) is 0 Å². The molecule has 4 aliphatic heterocycles. The first-order valence-corrected chi connectivity index (χ1v) is 23.3. The number of halogens is 3. The van der Waals surface area contributed by atoms with Crippen molar-refractivity contribution in [2.75, 3.05) is 42.5 Å². The molecule has 5 aromatic rings. The second-order valence-electron chi connectivity index (χ2n) is 18.6. The summed E-state index contributed by atoms with van der Waals surface area (Å²) in [6.45, 7) is 23.9. The Labute approximate surface area is 422 Å². The van der Waals surface area contributed by atoms with Crippen molar-refractivity contribution in [1.29, 1.82) is 0 Å². The second kappa shape index (κ2) is 20.0. The molecule has 1 aliphatic carbocycles. The van der Waals surface area contributed by atoms with E-state index in [1.165, 1.54) is 79.3 Å². The van der Waals surface area contributed by atoms with E-state index in [4.69, 9.17) is 27.2 Å². The first kappa shape index (κ1) is 50.1. The van der Waals surface area contributed by atoms with Crippen molar-refractivity contribution in [2.24, 2.45) is 30.5 Å². The van der Waals surface area contributed by atoms with Crippen molar-refractivity contribution in [2.45, 2.75) is 70.8 Å². The Kier molecular flexibility index (Phi) is 15.0. The number of allylic oxidation sites excluding steroid dienone is 1. The first-order valence-electron chi connectivity index (χ1n) is 22.9. The molecule has 5 aliphatic rings. The smallest absolute Gasteiger partial charge is 0.482 e. The molecule has 2 unspecified atom stereocenters. The van der Waals surface area contributed by atoms with Gasteiger partial charge in [0.15, 0.2) is 5.82 Å². The molecule has 0 spiro atoms. The molecule has 348 valence electrons. The SMILES string of the molecule is C=C1CCN(c2nn(C)c3cc(N4CC(C5CN(C(=C)C6CC[CH-]CC6)C5)C4)ccc23)C(=C)N1.CCc1ccc(C(N)=O)c(-c2c(Cl)c(F)cc3c2C(C)C(C)(c2ccccc2)O3)c1F.[CH3-].[Na+]. The van der Waals surface area contributed by atoms with Gasteiger partial charge in [0.1, 0.15) is 28.8 Å². The molecule has 13 heteroatoms. The van der Waals surface area contributed by atoms with Crippen LogP contribution in [0.1, 0.15) is 85.8 Å². The average molecular weight is 938 g/mol. The zero-order chi connectivity index (χ0) is 45.9. The molecule has 5 heterocycles. The minimum Gasteiger partial charge on any atom is -0.482 e. The monoisotopic (exact) mass is 936 g/mol. The van der Waals surface area contributed by atoms with Crippen LogP contribution >= 0.6 is 11.6 Å². The van der Waals surface area contributed by atoms with Crippen molar-refractivity contribution in [3.63, 3.8) is 0 Å². The summed E-state index contributed by atoms with van der Waals surface area (Å²) in [6.07, 6.45) is 8.85. The summed E-state index contributed by atoms with van der Waals surface area (Å²) in [5, 5.41) is 9.02. The van der Waals surface area contributed by atoms with Crippen LogP contribution in [0.5, 0.6) is 5.75 Å². The molecule has 9 nitrogen and oxygen atoms in total. The average Bonchev–Trinajstić information content (AvgIpc) is 3.73. The first-order chi connectivity index (χ1) is 31.2. The van der Waals surface area contributed by atoms with Gasteiger partial charge in [-0.2, -0.15) is 17.9 Å². The maximum absolute atomic E-state index is 15.6. The molecule has 3 N–H and O–H groups in total. The van der Waals surface area contributed by atoms with Crippen LogP contribution in [0.3, 0.4) is 0 Å². The number of primary amides is 1. The fourth-order valence-electron chi connectivity index (χ4n) is 10.5.